The Morgan fingerprint density at radius 3 is 2.58 bits per heavy atom. The van der Waals surface area contributed by atoms with E-state index < -0.39 is 4.92 Å². The first-order valence-electron chi connectivity index (χ1n) is 7.15. The number of aliphatic imine (C=N–C) groups is 2. The molecule has 2 aromatic rings. The molecule has 0 atom stereocenters. The van der Waals surface area contributed by atoms with Gasteiger partial charge in [0.1, 0.15) is 12.0 Å². The number of non-ortho nitro benzene ring substituents is 1. The average molecular weight is 318 g/mol. The summed E-state index contributed by atoms with van der Waals surface area (Å²) in [6.45, 7) is 0. The fourth-order valence-corrected chi connectivity index (χ4v) is 2.61. The number of benzene rings is 2. The Bertz CT molecular complexity index is 958. The van der Waals surface area contributed by atoms with E-state index in [1.54, 1.807) is 29.4 Å². The number of nitrogens with zero attached hydrogens (tertiary/aromatic N) is 4. The molecule has 0 aliphatic carbocycles. The topological polar surface area (TPSA) is 88.2 Å². The van der Waals surface area contributed by atoms with Crippen LogP contribution in [0.3, 0.4) is 0 Å². The normalized spacial score (nSPS) is 16.8. The molecule has 2 heterocycles. The van der Waals surface area contributed by atoms with Crippen LogP contribution in [0.4, 0.5) is 11.4 Å². The minimum atomic E-state index is -0.465. The summed E-state index contributed by atoms with van der Waals surface area (Å²) in [6, 6.07) is 13.4. The lowest BCUT2D eigenvalue weighted by Gasteiger charge is -2.20. The SMILES string of the molecule is O=C1N=C2c3ccccc3N=CN2C1=Cc1ccc([N+](=O)[O-])cc1. The van der Waals surface area contributed by atoms with Crippen LogP contribution in [-0.2, 0) is 4.79 Å². The van der Waals surface area contributed by atoms with Gasteiger partial charge in [0.15, 0.2) is 5.84 Å². The summed E-state index contributed by atoms with van der Waals surface area (Å²) in [5.74, 6) is 0.172. The monoisotopic (exact) mass is 318 g/mol. The number of rotatable bonds is 2. The predicted molar refractivity (Wildman–Crippen MR) is 89.1 cm³/mol. The van der Waals surface area contributed by atoms with Crippen LogP contribution in [0.25, 0.3) is 6.08 Å². The Balaban J connectivity index is 1.72. The van der Waals surface area contributed by atoms with Gasteiger partial charge in [-0.25, -0.2) is 4.99 Å². The van der Waals surface area contributed by atoms with Crippen LogP contribution < -0.4 is 0 Å². The molecule has 0 N–H and O–H groups in total. The molecule has 0 unspecified atom stereocenters. The largest absolute Gasteiger partial charge is 0.296 e. The Morgan fingerprint density at radius 1 is 1.08 bits per heavy atom. The van der Waals surface area contributed by atoms with Crippen LogP contribution in [0.5, 0.6) is 0 Å². The molecule has 0 saturated carbocycles. The molecule has 0 aromatic heterocycles. The number of hydrogen-bond donors (Lipinski definition) is 0. The molecule has 7 heteroatoms. The summed E-state index contributed by atoms with van der Waals surface area (Å²) in [6.07, 6.45) is 3.20. The maximum absolute atomic E-state index is 12.3. The maximum Gasteiger partial charge on any atom is 0.296 e. The summed E-state index contributed by atoms with van der Waals surface area (Å²) in [7, 11) is 0. The number of carbonyl (C=O) groups is 1. The van der Waals surface area contributed by atoms with Gasteiger partial charge >= 0.3 is 0 Å². The molecule has 4 rings (SSSR count). The van der Waals surface area contributed by atoms with E-state index >= 15 is 0 Å². The van der Waals surface area contributed by atoms with Crippen molar-refractivity contribution >= 4 is 35.5 Å². The molecule has 0 saturated heterocycles. The van der Waals surface area contributed by atoms with Gasteiger partial charge in [0.05, 0.1) is 10.6 Å². The van der Waals surface area contributed by atoms with Gasteiger partial charge in [0, 0.05) is 17.7 Å². The lowest BCUT2D eigenvalue weighted by molar-refractivity contribution is -0.384. The molecule has 2 aliphatic rings. The highest BCUT2D eigenvalue weighted by Gasteiger charge is 2.32. The van der Waals surface area contributed by atoms with Crippen LogP contribution >= 0.6 is 0 Å². The minimum Gasteiger partial charge on any atom is -0.279 e. The second-order valence-corrected chi connectivity index (χ2v) is 5.25. The van der Waals surface area contributed by atoms with E-state index in [0.29, 0.717) is 17.1 Å². The third-order valence-electron chi connectivity index (χ3n) is 3.78. The first-order valence-corrected chi connectivity index (χ1v) is 7.15. The zero-order chi connectivity index (χ0) is 16.7. The summed E-state index contributed by atoms with van der Waals surface area (Å²) in [5, 5.41) is 10.7. The van der Waals surface area contributed by atoms with Crippen LogP contribution in [0, 0.1) is 10.1 Å². The smallest absolute Gasteiger partial charge is 0.279 e. The van der Waals surface area contributed by atoms with Crippen molar-refractivity contribution in [1.82, 2.24) is 4.90 Å². The Labute approximate surface area is 136 Å². The van der Waals surface area contributed by atoms with Crippen molar-refractivity contribution < 1.29 is 9.72 Å². The molecule has 7 nitrogen and oxygen atoms in total. The number of fused-ring (bicyclic) bond motifs is 3. The second kappa shape index (κ2) is 5.24. The van der Waals surface area contributed by atoms with Crippen LogP contribution in [-0.4, -0.2) is 27.9 Å². The highest BCUT2D eigenvalue weighted by molar-refractivity contribution is 6.25. The van der Waals surface area contributed by atoms with Gasteiger partial charge in [-0.1, -0.05) is 12.1 Å². The zero-order valence-electron chi connectivity index (χ0n) is 12.3. The van der Waals surface area contributed by atoms with E-state index in [1.807, 2.05) is 24.3 Å². The van der Waals surface area contributed by atoms with Crippen LogP contribution in [0.15, 0.2) is 64.2 Å². The zero-order valence-corrected chi connectivity index (χ0v) is 12.3. The molecule has 0 fully saturated rings. The standard InChI is InChI=1S/C17H10N4O3/c22-17-15(9-11-5-7-12(8-6-11)21(23)24)20-10-18-14-4-2-1-3-13(14)16(20)19-17/h1-10H. The molecule has 116 valence electrons. The lowest BCUT2D eigenvalue weighted by atomic mass is 10.1. The number of amides is 1. The van der Waals surface area contributed by atoms with Gasteiger partial charge in [0.2, 0.25) is 0 Å². The van der Waals surface area contributed by atoms with Crippen molar-refractivity contribution in [3.8, 4) is 0 Å². The fourth-order valence-electron chi connectivity index (χ4n) is 2.61. The molecule has 0 radical (unpaired) electrons. The highest BCUT2D eigenvalue weighted by atomic mass is 16.6. The number of para-hydroxylation sites is 1. The summed E-state index contributed by atoms with van der Waals surface area (Å²) >= 11 is 0. The Hall–Kier alpha value is -3.61. The van der Waals surface area contributed by atoms with Crippen molar-refractivity contribution in [3.63, 3.8) is 0 Å². The number of nitro groups is 1. The van der Waals surface area contributed by atoms with Crippen molar-refractivity contribution in [2.45, 2.75) is 0 Å². The van der Waals surface area contributed by atoms with E-state index in [0.717, 1.165) is 11.3 Å². The van der Waals surface area contributed by atoms with Crippen LogP contribution in [0.1, 0.15) is 11.1 Å². The first kappa shape index (κ1) is 14.0. The third-order valence-corrected chi connectivity index (χ3v) is 3.78. The van der Waals surface area contributed by atoms with Gasteiger partial charge < -0.3 is 0 Å². The van der Waals surface area contributed by atoms with Gasteiger partial charge in [0.25, 0.3) is 11.6 Å². The summed E-state index contributed by atoms with van der Waals surface area (Å²) in [5.41, 5.74) is 2.59. The van der Waals surface area contributed by atoms with E-state index in [4.69, 9.17) is 0 Å². The van der Waals surface area contributed by atoms with Crippen molar-refractivity contribution in [1.29, 1.82) is 0 Å². The number of amidine groups is 1. The number of carbonyl (C=O) groups excluding carboxylic acids is 1. The van der Waals surface area contributed by atoms with Gasteiger partial charge in [-0.15, -0.1) is 0 Å². The molecule has 0 spiro atoms. The molecular weight excluding hydrogens is 308 g/mol. The van der Waals surface area contributed by atoms with Gasteiger partial charge in [-0.2, -0.15) is 4.99 Å². The van der Waals surface area contributed by atoms with Crippen molar-refractivity contribution in [2.24, 2.45) is 9.98 Å². The molecule has 2 aromatic carbocycles. The molecule has 0 bridgehead atoms. The maximum atomic E-state index is 12.3. The summed E-state index contributed by atoms with van der Waals surface area (Å²) in [4.78, 5) is 32.6. The molecular formula is C17H10N4O3. The third kappa shape index (κ3) is 2.19. The van der Waals surface area contributed by atoms with Crippen molar-refractivity contribution in [3.05, 3.63) is 75.5 Å². The van der Waals surface area contributed by atoms with Crippen LogP contribution in [0.2, 0.25) is 0 Å². The molecule has 2 aliphatic heterocycles. The first-order chi connectivity index (χ1) is 11.6. The van der Waals surface area contributed by atoms with Gasteiger partial charge in [-0.3, -0.25) is 19.8 Å². The summed E-state index contributed by atoms with van der Waals surface area (Å²) < 4.78 is 0. The Kier molecular flexibility index (Phi) is 3.06. The Morgan fingerprint density at radius 2 is 1.83 bits per heavy atom. The van der Waals surface area contributed by atoms with E-state index in [1.165, 1.54) is 12.1 Å². The molecule has 1 amide bonds. The highest BCUT2D eigenvalue weighted by Crippen LogP contribution is 2.30. The van der Waals surface area contributed by atoms with E-state index in [-0.39, 0.29) is 11.6 Å². The number of nitro benzene ring substituents is 1. The van der Waals surface area contributed by atoms with E-state index in [9.17, 15) is 14.9 Å². The quantitative estimate of drug-likeness (QED) is 0.484. The van der Waals surface area contributed by atoms with Gasteiger partial charge in [-0.05, 0) is 35.9 Å². The minimum absolute atomic E-state index is 0.000278. The predicted octanol–water partition coefficient (Wildman–Crippen LogP) is 2.90. The second-order valence-electron chi connectivity index (χ2n) is 5.25. The van der Waals surface area contributed by atoms with E-state index in [2.05, 4.69) is 9.98 Å². The lowest BCUT2D eigenvalue weighted by Crippen LogP contribution is -2.28. The number of hydrogen-bond acceptors (Lipinski definition) is 5. The van der Waals surface area contributed by atoms with Crippen molar-refractivity contribution in [2.75, 3.05) is 0 Å². The fraction of sp³-hybridized carbons (Fsp3) is 0. The molecule has 24 heavy (non-hydrogen) atoms. The average Bonchev–Trinajstić information content (AvgIpc) is 2.91.